The second-order valence-corrected chi connectivity index (χ2v) is 3.52. The smallest absolute Gasteiger partial charge is 0.306 e. The summed E-state index contributed by atoms with van der Waals surface area (Å²) in [6.45, 7) is 1.63. The molecule has 2 nitrogen and oxygen atoms in total. The minimum atomic E-state index is -4.32. The largest absolute Gasteiger partial charge is 0.416 e. The second kappa shape index (κ2) is 3.66. The maximum atomic E-state index is 12.6. The van der Waals surface area contributed by atoms with Crippen molar-refractivity contribution in [3.8, 4) is 5.69 Å². The number of hydrogen-bond acceptors (Lipinski definition) is 1. The lowest BCUT2D eigenvalue weighted by molar-refractivity contribution is -0.137. The van der Waals surface area contributed by atoms with Crippen molar-refractivity contribution < 1.29 is 13.2 Å². The monoisotopic (exact) mass is 226 g/mol. The standard InChI is InChI=1S/C11H9F3N2/c1-8-4-9(11(12,13)14)6-10(5-8)16-3-2-15-7-16/h2-7H,1H3. The van der Waals surface area contributed by atoms with E-state index in [2.05, 4.69) is 4.98 Å². The zero-order chi connectivity index (χ0) is 11.8. The SMILES string of the molecule is Cc1cc(-n2ccnc2)cc(C(F)(F)F)c1. The van der Waals surface area contributed by atoms with Crippen molar-refractivity contribution in [2.75, 3.05) is 0 Å². The molecule has 0 bridgehead atoms. The van der Waals surface area contributed by atoms with Gasteiger partial charge in [0.25, 0.3) is 0 Å². The van der Waals surface area contributed by atoms with Crippen molar-refractivity contribution in [1.29, 1.82) is 0 Å². The van der Waals surface area contributed by atoms with Crippen molar-refractivity contribution >= 4 is 0 Å². The van der Waals surface area contributed by atoms with Gasteiger partial charge in [-0.1, -0.05) is 0 Å². The molecule has 0 atom stereocenters. The van der Waals surface area contributed by atoms with Crippen molar-refractivity contribution in [3.05, 3.63) is 48.0 Å². The molecule has 2 rings (SSSR count). The van der Waals surface area contributed by atoms with Crippen molar-refractivity contribution in [2.45, 2.75) is 13.1 Å². The molecule has 5 heteroatoms. The molecule has 0 saturated heterocycles. The van der Waals surface area contributed by atoms with Gasteiger partial charge in [-0.3, -0.25) is 0 Å². The van der Waals surface area contributed by atoms with Crippen LogP contribution in [0.25, 0.3) is 5.69 Å². The first kappa shape index (κ1) is 10.7. The summed E-state index contributed by atoms with van der Waals surface area (Å²) in [4.78, 5) is 3.80. The molecule has 0 saturated carbocycles. The van der Waals surface area contributed by atoms with Crippen LogP contribution in [0.5, 0.6) is 0 Å². The van der Waals surface area contributed by atoms with E-state index in [0.29, 0.717) is 11.3 Å². The van der Waals surface area contributed by atoms with Gasteiger partial charge in [-0.05, 0) is 30.7 Å². The fourth-order valence-corrected chi connectivity index (χ4v) is 1.49. The van der Waals surface area contributed by atoms with E-state index in [-0.39, 0.29) is 0 Å². The lowest BCUT2D eigenvalue weighted by Gasteiger charge is -2.10. The molecule has 84 valence electrons. The fourth-order valence-electron chi connectivity index (χ4n) is 1.49. The highest BCUT2D eigenvalue weighted by molar-refractivity contribution is 5.40. The first-order chi connectivity index (χ1) is 7.47. The van der Waals surface area contributed by atoms with Crippen LogP contribution in [0.3, 0.4) is 0 Å². The van der Waals surface area contributed by atoms with E-state index in [0.717, 1.165) is 12.1 Å². The van der Waals surface area contributed by atoms with E-state index in [1.807, 2.05) is 0 Å². The third-order valence-corrected chi connectivity index (χ3v) is 2.19. The molecule has 0 fully saturated rings. The molecule has 0 aliphatic heterocycles. The molecule has 0 radical (unpaired) electrons. The average Bonchev–Trinajstić information content (AvgIpc) is 2.68. The van der Waals surface area contributed by atoms with E-state index < -0.39 is 11.7 Å². The zero-order valence-electron chi connectivity index (χ0n) is 8.49. The van der Waals surface area contributed by atoms with Crippen LogP contribution >= 0.6 is 0 Å². The Morgan fingerprint density at radius 3 is 2.50 bits per heavy atom. The molecule has 1 aromatic carbocycles. The van der Waals surface area contributed by atoms with Crippen LogP contribution in [0.1, 0.15) is 11.1 Å². The molecular weight excluding hydrogens is 217 g/mol. The van der Waals surface area contributed by atoms with Gasteiger partial charge >= 0.3 is 6.18 Å². The molecule has 0 spiro atoms. The van der Waals surface area contributed by atoms with Crippen LogP contribution < -0.4 is 0 Å². The number of halogens is 3. The van der Waals surface area contributed by atoms with Crippen LogP contribution in [0.15, 0.2) is 36.9 Å². The number of nitrogens with zero attached hydrogens (tertiary/aromatic N) is 2. The minimum Gasteiger partial charge on any atom is -0.306 e. The topological polar surface area (TPSA) is 17.8 Å². The number of benzene rings is 1. The fraction of sp³-hybridized carbons (Fsp3) is 0.182. The zero-order valence-corrected chi connectivity index (χ0v) is 8.49. The van der Waals surface area contributed by atoms with Gasteiger partial charge < -0.3 is 4.57 Å². The number of aromatic nitrogens is 2. The molecule has 0 aliphatic rings. The molecule has 2 aromatic rings. The molecule has 0 aliphatic carbocycles. The molecule has 1 aromatic heterocycles. The normalized spacial score (nSPS) is 11.8. The molecule has 1 heterocycles. The van der Waals surface area contributed by atoms with Crippen molar-refractivity contribution in [1.82, 2.24) is 9.55 Å². The van der Waals surface area contributed by atoms with E-state index in [1.165, 1.54) is 12.5 Å². The van der Waals surface area contributed by atoms with E-state index in [4.69, 9.17) is 0 Å². The number of hydrogen-bond donors (Lipinski definition) is 0. The Morgan fingerprint density at radius 1 is 1.19 bits per heavy atom. The summed E-state index contributed by atoms with van der Waals surface area (Å²) in [6, 6.07) is 3.91. The third kappa shape index (κ3) is 2.08. The van der Waals surface area contributed by atoms with Gasteiger partial charge in [0, 0.05) is 18.1 Å². The van der Waals surface area contributed by atoms with Gasteiger partial charge in [-0.2, -0.15) is 13.2 Å². The Morgan fingerprint density at radius 2 is 1.94 bits per heavy atom. The lowest BCUT2D eigenvalue weighted by atomic mass is 10.1. The predicted octanol–water partition coefficient (Wildman–Crippen LogP) is 3.20. The van der Waals surface area contributed by atoms with E-state index in [9.17, 15) is 13.2 Å². The first-order valence-electron chi connectivity index (χ1n) is 4.64. The summed E-state index contributed by atoms with van der Waals surface area (Å²) in [5.74, 6) is 0. The van der Waals surface area contributed by atoms with E-state index in [1.54, 1.807) is 23.8 Å². The highest BCUT2D eigenvalue weighted by atomic mass is 19.4. The summed E-state index contributed by atoms with van der Waals surface area (Å²) in [7, 11) is 0. The highest BCUT2D eigenvalue weighted by Gasteiger charge is 2.30. The summed E-state index contributed by atoms with van der Waals surface area (Å²) < 4.78 is 39.2. The van der Waals surface area contributed by atoms with Gasteiger partial charge in [-0.15, -0.1) is 0 Å². The number of rotatable bonds is 1. The van der Waals surface area contributed by atoms with Gasteiger partial charge in [0.1, 0.15) is 0 Å². The van der Waals surface area contributed by atoms with Crippen LogP contribution in [0.4, 0.5) is 13.2 Å². The number of aryl methyl sites for hydroxylation is 1. The Hall–Kier alpha value is -1.78. The van der Waals surface area contributed by atoms with Crippen LogP contribution in [0, 0.1) is 6.92 Å². The summed E-state index contributed by atoms with van der Waals surface area (Å²) in [6.07, 6.45) is 0.279. The Kier molecular flexibility index (Phi) is 2.46. The van der Waals surface area contributed by atoms with Gasteiger partial charge in [0.15, 0.2) is 0 Å². The Labute approximate surface area is 90.4 Å². The maximum absolute atomic E-state index is 12.6. The highest BCUT2D eigenvalue weighted by Crippen LogP contribution is 2.31. The third-order valence-electron chi connectivity index (χ3n) is 2.19. The summed E-state index contributed by atoms with van der Waals surface area (Å²) in [5, 5.41) is 0. The maximum Gasteiger partial charge on any atom is 0.416 e. The van der Waals surface area contributed by atoms with Crippen molar-refractivity contribution in [3.63, 3.8) is 0 Å². The minimum absolute atomic E-state index is 0.463. The van der Waals surface area contributed by atoms with Crippen LogP contribution in [-0.2, 0) is 6.18 Å². The lowest BCUT2D eigenvalue weighted by Crippen LogP contribution is -2.06. The summed E-state index contributed by atoms with van der Waals surface area (Å²) in [5.41, 5.74) is 0.388. The number of alkyl halides is 3. The predicted molar refractivity (Wildman–Crippen MR) is 53.3 cm³/mol. The molecule has 16 heavy (non-hydrogen) atoms. The number of imidazole rings is 1. The summed E-state index contributed by atoms with van der Waals surface area (Å²) >= 11 is 0. The Balaban J connectivity index is 2.53. The van der Waals surface area contributed by atoms with Gasteiger partial charge in [0.05, 0.1) is 11.9 Å². The van der Waals surface area contributed by atoms with E-state index >= 15 is 0 Å². The quantitative estimate of drug-likeness (QED) is 0.730. The van der Waals surface area contributed by atoms with Crippen LogP contribution in [0.2, 0.25) is 0 Å². The van der Waals surface area contributed by atoms with Gasteiger partial charge in [-0.25, -0.2) is 4.98 Å². The van der Waals surface area contributed by atoms with Crippen LogP contribution in [-0.4, -0.2) is 9.55 Å². The molecule has 0 unspecified atom stereocenters. The molecular formula is C11H9F3N2. The van der Waals surface area contributed by atoms with Crippen molar-refractivity contribution in [2.24, 2.45) is 0 Å². The average molecular weight is 226 g/mol. The van der Waals surface area contributed by atoms with Gasteiger partial charge in [0.2, 0.25) is 0 Å². The second-order valence-electron chi connectivity index (χ2n) is 3.52. The molecule has 0 amide bonds. The first-order valence-corrected chi connectivity index (χ1v) is 4.64. The molecule has 0 N–H and O–H groups in total. The Bertz CT molecular complexity index is 486.